The van der Waals surface area contributed by atoms with Crippen molar-refractivity contribution >= 4 is 11.7 Å². The summed E-state index contributed by atoms with van der Waals surface area (Å²) >= 11 is 0. The Morgan fingerprint density at radius 1 is 1.04 bits per heavy atom. The zero-order valence-electron chi connectivity index (χ0n) is 14.0. The van der Waals surface area contributed by atoms with Gasteiger partial charge in [0, 0.05) is 24.6 Å². The second kappa shape index (κ2) is 7.38. The van der Waals surface area contributed by atoms with Crippen molar-refractivity contribution in [2.75, 3.05) is 13.1 Å². The van der Waals surface area contributed by atoms with E-state index in [9.17, 15) is 27.2 Å². The Hall–Kier alpha value is -2.90. The van der Waals surface area contributed by atoms with Gasteiger partial charge >= 0.3 is 6.36 Å². The van der Waals surface area contributed by atoms with Crippen LogP contribution in [0.2, 0.25) is 0 Å². The van der Waals surface area contributed by atoms with Crippen LogP contribution >= 0.6 is 0 Å². The summed E-state index contributed by atoms with van der Waals surface area (Å²) in [6.07, 6.45) is -4.53. The van der Waals surface area contributed by atoms with E-state index in [1.54, 1.807) is 0 Å². The monoisotopic (exact) mass is 381 g/mol. The molecule has 0 aromatic heterocycles. The van der Waals surface area contributed by atoms with Gasteiger partial charge in [-0.25, -0.2) is 4.39 Å². The van der Waals surface area contributed by atoms with Crippen LogP contribution in [-0.2, 0) is 0 Å². The highest BCUT2D eigenvalue weighted by Crippen LogP contribution is 2.29. The molecule has 0 aliphatic carbocycles. The van der Waals surface area contributed by atoms with Crippen molar-refractivity contribution in [3.8, 4) is 5.75 Å². The number of hydrogen-bond acceptors (Lipinski definition) is 3. The molecule has 27 heavy (non-hydrogen) atoms. The van der Waals surface area contributed by atoms with Crippen molar-refractivity contribution in [3.63, 3.8) is 0 Å². The number of Topliss-reactive ketones (excluding diaryl/α,β-unsaturated/α-hetero) is 1. The molecule has 1 aliphatic heterocycles. The number of nitrogens with zero attached hydrogens (tertiary/aromatic N) is 1. The average Bonchev–Trinajstić information content (AvgIpc) is 3.10. The first-order valence-electron chi connectivity index (χ1n) is 8.18. The smallest absolute Gasteiger partial charge is 0.405 e. The number of likely N-dealkylation sites (tertiary alicyclic amines) is 1. The molecule has 142 valence electrons. The number of para-hydroxylation sites is 1. The topological polar surface area (TPSA) is 46.6 Å². The largest absolute Gasteiger partial charge is 0.573 e. The molecular weight excluding hydrogens is 366 g/mol. The highest BCUT2D eigenvalue weighted by Gasteiger charge is 2.36. The van der Waals surface area contributed by atoms with Crippen molar-refractivity contribution in [3.05, 3.63) is 65.5 Å². The van der Waals surface area contributed by atoms with Gasteiger partial charge in [0.2, 0.25) is 0 Å². The van der Waals surface area contributed by atoms with Gasteiger partial charge in [0.1, 0.15) is 11.6 Å². The van der Waals surface area contributed by atoms with Gasteiger partial charge in [-0.05, 0) is 42.8 Å². The Balaban J connectivity index is 1.73. The Bertz CT molecular complexity index is 849. The van der Waals surface area contributed by atoms with Crippen LogP contribution < -0.4 is 4.74 Å². The van der Waals surface area contributed by atoms with Gasteiger partial charge in [-0.3, -0.25) is 9.59 Å². The van der Waals surface area contributed by atoms with E-state index < -0.39 is 29.8 Å². The molecule has 1 fully saturated rings. The van der Waals surface area contributed by atoms with Crippen molar-refractivity contribution in [1.29, 1.82) is 0 Å². The first-order valence-corrected chi connectivity index (χ1v) is 8.18. The molecular formula is C19H15F4NO3. The number of ether oxygens (including phenoxy) is 1. The summed E-state index contributed by atoms with van der Waals surface area (Å²) in [5.41, 5.74) is 0.112. The van der Waals surface area contributed by atoms with E-state index in [2.05, 4.69) is 4.74 Å². The minimum Gasteiger partial charge on any atom is -0.405 e. The van der Waals surface area contributed by atoms with E-state index in [0.717, 1.165) is 6.07 Å². The second-order valence-electron chi connectivity index (χ2n) is 6.15. The van der Waals surface area contributed by atoms with Gasteiger partial charge < -0.3 is 9.64 Å². The number of amides is 1. The van der Waals surface area contributed by atoms with E-state index in [1.807, 2.05) is 0 Å². The first-order chi connectivity index (χ1) is 12.7. The summed E-state index contributed by atoms with van der Waals surface area (Å²) in [4.78, 5) is 26.4. The molecule has 1 atom stereocenters. The Labute approximate surface area is 152 Å². The molecule has 0 saturated carbocycles. The maximum atomic E-state index is 13.0. The first kappa shape index (κ1) is 18.9. The summed E-state index contributed by atoms with van der Waals surface area (Å²) in [5.74, 6) is -2.40. The molecule has 1 heterocycles. The van der Waals surface area contributed by atoms with Crippen molar-refractivity contribution < 1.29 is 31.9 Å². The molecule has 0 bridgehead atoms. The van der Waals surface area contributed by atoms with Crippen LogP contribution in [0.1, 0.15) is 27.1 Å². The highest BCUT2D eigenvalue weighted by molar-refractivity contribution is 6.00. The summed E-state index contributed by atoms with van der Waals surface area (Å²) in [7, 11) is 0. The normalized spacial score (nSPS) is 17.0. The van der Waals surface area contributed by atoms with E-state index in [0.29, 0.717) is 12.0 Å². The third-order valence-electron chi connectivity index (χ3n) is 4.32. The Morgan fingerprint density at radius 2 is 1.70 bits per heavy atom. The molecule has 2 aromatic rings. The molecule has 2 aromatic carbocycles. The minimum absolute atomic E-state index is 0.0788. The Morgan fingerprint density at radius 3 is 2.37 bits per heavy atom. The molecule has 1 aliphatic rings. The number of rotatable bonds is 4. The van der Waals surface area contributed by atoms with Crippen molar-refractivity contribution in [2.24, 2.45) is 5.92 Å². The number of ketones is 1. The molecule has 1 amide bonds. The number of benzene rings is 2. The summed E-state index contributed by atoms with van der Waals surface area (Å²) < 4.78 is 54.5. The van der Waals surface area contributed by atoms with Gasteiger partial charge in [-0.15, -0.1) is 13.2 Å². The van der Waals surface area contributed by atoms with Crippen LogP contribution in [0.5, 0.6) is 5.75 Å². The summed E-state index contributed by atoms with van der Waals surface area (Å²) in [6, 6.07) is 10.2. The highest BCUT2D eigenvalue weighted by atomic mass is 19.4. The predicted octanol–water partition coefficient (Wildman–Crippen LogP) is 4.07. The minimum atomic E-state index is -4.91. The average molecular weight is 381 g/mol. The number of carbonyl (C=O) groups is 2. The standard InChI is InChI=1S/C19H15F4NO3/c20-14-7-5-12(6-8-14)17(25)13-9-10-24(11-13)18(26)15-3-1-2-4-16(15)27-19(21,22)23/h1-8,13H,9-11H2/t13-/m0/s1. The van der Waals surface area contributed by atoms with Crippen LogP contribution in [0, 0.1) is 11.7 Å². The molecule has 1 saturated heterocycles. The number of carbonyl (C=O) groups excluding carboxylic acids is 2. The van der Waals surface area contributed by atoms with E-state index in [1.165, 1.54) is 47.4 Å². The van der Waals surface area contributed by atoms with E-state index in [4.69, 9.17) is 0 Å². The predicted molar refractivity (Wildman–Crippen MR) is 87.9 cm³/mol. The number of halogens is 4. The summed E-state index contributed by atoms with van der Waals surface area (Å²) in [5, 5.41) is 0. The maximum absolute atomic E-state index is 13.0. The van der Waals surface area contributed by atoms with Crippen LogP contribution in [0.4, 0.5) is 17.6 Å². The lowest BCUT2D eigenvalue weighted by Crippen LogP contribution is -2.31. The number of alkyl halides is 3. The lowest BCUT2D eigenvalue weighted by atomic mass is 9.97. The number of hydrogen-bond donors (Lipinski definition) is 0. The van der Waals surface area contributed by atoms with Crippen LogP contribution in [0.25, 0.3) is 0 Å². The summed E-state index contributed by atoms with van der Waals surface area (Å²) in [6.45, 7) is 0.312. The zero-order chi connectivity index (χ0) is 19.6. The molecule has 3 rings (SSSR count). The van der Waals surface area contributed by atoms with Crippen molar-refractivity contribution in [2.45, 2.75) is 12.8 Å². The SMILES string of the molecule is O=C(c1ccc(F)cc1)[C@H]1CCN(C(=O)c2ccccc2OC(F)(F)F)C1. The van der Waals surface area contributed by atoms with Crippen LogP contribution in [-0.4, -0.2) is 36.0 Å². The molecule has 0 radical (unpaired) electrons. The molecule has 0 N–H and O–H groups in total. The van der Waals surface area contributed by atoms with Crippen molar-refractivity contribution in [1.82, 2.24) is 4.90 Å². The van der Waals surface area contributed by atoms with Gasteiger partial charge in [0.05, 0.1) is 5.56 Å². The molecule has 4 nitrogen and oxygen atoms in total. The third-order valence-corrected chi connectivity index (χ3v) is 4.32. The van der Waals surface area contributed by atoms with Gasteiger partial charge in [0.15, 0.2) is 5.78 Å². The maximum Gasteiger partial charge on any atom is 0.573 e. The fourth-order valence-corrected chi connectivity index (χ4v) is 3.04. The lowest BCUT2D eigenvalue weighted by molar-refractivity contribution is -0.274. The molecule has 0 spiro atoms. The van der Waals surface area contributed by atoms with Gasteiger partial charge in [0.25, 0.3) is 5.91 Å². The quantitative estimate of drug-likeness (QED) is 0.593. The lowest BCUT2D eigenvalue weighted by Gasteiger charge is -2.19. The van der Waals surface area contributed by atoms with Gasteiger partial charge in [-0.1, -0.05) is 12.1 Å². The fraction of sp³-hybridized carbons (Fsp3) is 0.263. The fourth-order valence-electron chi connectivity index (χ4n) is 3.04. The molecule has 0 unspecified atom stereocenters. The second-order valence-corrected chi connectivity index (χ2v) is 6.15. The van der Waals surface area contributed by atoms with E-state index in [-0.39, 0.29) is 24.4 Å². The van der Waals surface area contributed by atoms with Gasteiger partial charge in [-0.2, -0.15) is 0 Å². The molecule has 8 heteroatoms. The third kappa shape index (κ3) is 4.45. The van der Waals surface area contributed by atoms with Crippen LogP contribution in [0.3, 0.4) is 0 Å². The Kier molecular flexibility index (Phi) is 5.16. The van der Waals surface area contributed by atoms with E-state index >= 15 is 0 Å². The van der Waals surface area contributed by atoms with Crippen LogP contribution in [0.15, 0.2) is 48.5 Å². The zero-order valence-corrected chi connectivity index (χ0v) is 14.0.